The SMILES string of the molecule is CC1(N2CCN(c3cc4cc(NC(=O)C5CC56CC6)ncc4cc3Cl)CC2)COCC1O. The van der Waals surface area contributed by atoms with E-state index in [-0.39, 0.29) is 17.4 Å². The van der Waals surface area contributed by atoms with Gasteiger partial charge in [-0.25, -0.2) is 4.98 Å². The van der Waals surface area contributed by atoms with Crippen molar-refractivity contribution in [1.82, 2.24) is 9.88 Å². The Hall–Kier alpha value is -1.93. The van der Waals surface area contributed by atoms with Gasteiger partial charge in [0.05, 0.1) is 35.6 Å². The van der Waals surface area contributed by atoms with Crippen molar-refractivity contribution in [1.29, 1.82) is 0 Å². The Labute approximate surface area is 192 Å². The first-order chi connectivity index (χ1) is 15.4. The third kappa shape index (κ3) is 3.37. The van der Waals surface area contributed by atoms with Crippen LogP contribution in [0.5, 0.6) is 0 Å². The van der Waals surface area contributed by atoms with Crippen molar-refractivity contribution in [3.05, 3.63) is 29.4 Å². The van der Waals surface area contributed by atoms with Crippen LogP contribution in [0, 0.1) is 11.3 Å². The van der Waals surface area contributed by atoms with Gasteiger partial charge in [0.2, 0.25) is 5.91 Å². The highest BCUT2D eigenvalue weighted by atomic mass is 35.5. The van der Waals surface area contributed by atoms with E-state index >= 15 is 0 Å². The Morgan fingerprint density at radius 3 is 2.66 bits per heavy atom. The maximum Gasteiger partial charge on any atom is 0.229 e. The second-order valence-electron chi connectivity index (χ2n) is 10.2. The van der Waals surface area contributed by atoms with E-state index in [0.29, 0.717) is 29.5 Å². The lowest BCUT2D eigenvalue weighted by atomic mass is 9.95. The van der Waals surface area contributed by atoms with E-state index in [9.17, 15) is 9.90 Å². The molecule has 8 heteroatoms. The first-order valence-corrected chi connectivity index (χ1v) is 11.9. The number of nitrogens with zero attached hydrogens (tertiary/aromatic N) is 3. The molecule has 0 bridgehead atoms. The van der Waals surface area contributed by atoms with Crippen LogP contribution in [0.3, 0.4) is 0 Å². The van der Waals surface area contributed by atoms with E-state index in [1.165, 1.54) is 12.8 Å². The number of fused-ring (bicyclic) bond motifs is 1. The molecule has 3 heterocycles. The van der Waals surface area contributed by atoms with Crippen molar-refractivity contribution >= 4 is 39.8 Å². The number of anilines is 2. The number of hydrogen-bond acceptors (Lipinski definition) is 6. The molecule has 3 atom stereocenters. The topological polar surface area (TPSA) is 77.9 Å². The number of carbonyl (C=O) groups excluding carboxylic acids is 1. The molecular weight excluding hydrogens is 428 g/mol. The summed E-state index contributed by atoms with van der Waals surface area (Å²) in [6.07, 6.45) is 4.73. The van der Waals surface area contributed by atoms with Crippen molar-refractivity contribution in [2.24, 2.45) is 11.3 Å². The molecule has 1 aromatic carbocycles. The van der Waals surface area contributed by atoms with Gasteiger partial charge in [-0.2, -0.15) is 0 Å². The first-order valence-electron chi connectivity index (χ1n) is 11.5. The van der Waals surface area contributed by atoms with Crippen molar-refractivity contribution in [2.75, 3.05) is 49.6 Å². The molecule has 6 rings (SSSR count). The molecule has 1 spiro atoms. The molecule has 0 radical (unpaired) electrons. The molecule has 2 aliphatic carbocycles. The summed E-state index contributed by atoms with van der Waals surface area (Å²) < 4.78 is 5.51. The van der Waals surface area contributed by atoms with Crippen molar-refractivity contribution in [2.45, 2.75) is 37.8 Å². The predicted octanol–water partition coefficient (Wildman–Crippen LogP) is 2.90. The molecule has 3 unspecified atom stereocenters. The molecule has 2 aliphatic heterocycles. The largest absolute Gasteiger partial charge is 0.389 e. The van der Waals surface area contributed by atoms with E-state index in [0.717, 1.165) is 49.1 Å². The summed E-state index contributed by atoms with van der Waals surface area (Å²) in [6, 6.07) is 5.99. The third-order valence-corrected chi connectivity index (χ3v) is 8.47. The van der Waals surface area contributed by atoms with Gasteiger partial charge in [-0.15, -0.1) is 0 Å². The zero-order chi connectivity index (χ0) is 22.1. The number of ether oxygens (including phenoxy) is 1. The molecule has 32 heavy (non-hydrogen) atoms. The number of benzene rings is 1. The molecule has 1 amide bonds. The molecular formula is C24H29ClN4O3. The van der Waals surface area contributed by atoms with Crippen LogP contribution in [0.1, 0.15) is 26.2 Å². The van der Waals surface area contributed by atoms with Gasteiger partial charge in [-0.1, -0.05) is 11.6 Å². The number of aliphatic hydroxyl groups is 1. The summed E-state index contributed by atoms with van der Waals surface area (Å²) in [7, 11) is 0. The number of nitrogens with one attached hydrogen (secondary N) is 1. The number of pyridine rings is 1. The average molecular weight is 457 g/mol. The van der Waals surface area contributed by atoms with E-state index in [2.05, 4.69) is 33.1 Å². The number of halogens is 1. The van der Waals surface area contributed by atoms with Crippen LogP contribution in [-0.4, -0.2) is 71.9 Å². The minimum absolute atomic E-state index is 0.103. The summed E-state index contributed by atoms with van der Waals surface area (Å²) in [6.45, 7) is 6.38. The zero-order valence-corrected chi connectivity index (χ0v) is 19.1. The van der Waals surface area contributed by atoms with Gasteiger partial charge in [0, 0.05) is 43.7 Å². The fraction of sp³-hybridized carbons (Fsp3) is 0.583. The van der Waals surface area contributed by atoms with Crippen molar-refractivity contribution in [3.8, 4) is 0 Å². The second-order valence-corrected chi connectivity index (χ2v) is 10.6. The van der Waals surface area contributed by atoms with Gasteiger partial charge in [-0.05, 0) is 55.2 Å². The standard InChI is InChI=1S/C24H29ClN4O3/c1-23(14-32-13-20(23)30)29-6-4-28(5-7-29)19-9-15-10-21(26-12-16(15)8-18(19)25)27-22(31)17-11-24(17)2-3-24/h8-10,12,17,20,30H,2-7,11,13-14H2,1H3,(H,26,27,31). The lowest BCUT2D eigenvalue weighted by Crippen LogP contribution is -2.60. The molecule has 4 aliphatic rings. The van der Waals surface area contributed by atoms with Gasteiger partial charge >= 0.3 is 0 Å². The third-order valence-electron chi connectivity index (χ3n) is 8.17. The van der Waals surface area contributed by atoms with E-state index < -0.39 is 6.10 Å². The minimum atomic E-state index is -0.454. The van der Waals surface area contributed by atoms with Crippen LogP contribution in [-0.2, 0) is 9.53 Å². The number of amides is 1. The van der Waals surface area contributed by atoms with Crippen molar-refractivity contribution in [3.63, 3.8) is 0 Å². The predicted molar refractivity (Wildman–Crippen MR) is 124 cm³/mol. The number of aliphatic hydroxyl groups excluding tert-OH is 1. The maximum atomic E-state index is 12.5. The van der Waals surface area contributed by atoms with Crippen LogP contribution in [0.4, 0.5) is 11.5 Å². The Morgan fingerprint density at radius 1 is 1.22 bits per heavy atom. The summed E-state index contributed by atoms with van der Waals surface area (Å²) in [5.74, 6) is 0.875. The molecule has 4 fully saturated rings. The van der Waals surface area contributed by atoms with Gasteiger partial charge in [0.25, 0.3) is 0 Å². The molecule has 7 nitrogen and oxygen atoms in total. The number of rotatable bonds is 4. The van der Waals surface area contributed by atoms with Crippen LogP contribution in [0.15, 0.2) is 24.4 Å². The normalized spacial score (nSPS) is 31.3. The van der Waals surface area contributed by atoms with Crippen LogP contribution < -0.4 is 10.2 Å². The molecule has 170 valence electrons. The van der Waals surface area contributed by atoms with Gasteiger partial charge in [0.1, 0.15) is 5.82 Å². The Morgan fingerprint density at radius 2 is 2.00 bits per heavy atom. The van der Waals surface area contributed by atoms with E-state index in [4.69, 9.17) is 16.3 Å². The minimum Gasteiger partial charge on any atom is -0.389 e. The van der Waals surface area contributed by atoms with Gasteiger partial charge in [-0.3, -0.25) is 9.69 Å². The molecule has 2 saturated heterocycles. The molecule has 2 N–H and O–H groups in total. The molecule has 2 saturated carbocycles. The van der Waals surface area contributed by atoms with Crippen molar-refractivity contribution < 1.29 is 14.6 Å². The summed E-state index contributed by atoms with van der Waals surface area (Å²) in [5, 5.41) is 16.1. The highest BCUT2D eigenvalue weighted by Gasteiger charge is 2.65. The summed E-state index contributed by atoms with van der Waals surface area (Å²) >= 11 is 6.65. The van der Waals surface area contributed by atoms with E-state index in [1.54, 1.807) is 6.20 Å². The molecule has 1 aromatic heterocycles. The smallest absolute Gasteiger partial charge is 0.229 e. The highest BCUT2D eigenvalue weighted by molar-refractivity contribution is 6.34. The highest BCUT2D eigenvalue weighted by Crippen LogP contribution is 2.70. The Balaban J connectivity index is 1.18. The van der Waals surface area contributed by atoms with Crippen LogP contribution in [0.25, 0.3) is 10.8 Å². The first kappa shape index (κ1) is 20.7. The number of hydrogen-bond donors (Lipinski definition) is 2. The number of carbonyl (C=O) groups is 1. The average Bonchev–Trinajstić information content (AvgIpc) is 3.70. The van der Waals surface area contributed by atoms with Gasteiger partial charge < -0.3 is 20.1 Å². The summed E-state index contributed by atoms with van der Waals surface area (Å²) in [5.41, 5.74) is 1.01. The fourth-order valence-corrected chi connectivity index (χ4v) is 5.81. The maximum absolute atomic E-state index is 12.5. The lowest BCUT2D eigenvalue weighted by Gasteiger charge is -2.45. The zero-order valence-electron chi connectivity index (χ0n) is 18.3. The quantitative estimate of drug-likeness (QED) is 0.736. The monoisotopic (exact) mass is 456 g/mol. The molecule has 2 aromatic rings. The summed E-state index contributed by atoms with van der Waals surface area (Å²) in [4.78, 5) is 21.6. The van der Waals surface area contributed by atoms with Gasteiger partial charge in [0.15, 0.2) is 0 Å². The Bertz CT molecular complexity index is 1080. The second kappa shape index (κ2) is 7.29. The van der Waals surface area contributed by atoms with Crippen LogP contribution in [0.2, 0.25) is 5.02 Å². The number of piperazine rings is 1. The fourth-order valence-electron chi connectivity index (χ4n) is 5.52. The van der Waals surface area contributed by atoms with E-state index in [1.807, 2.05) is 12.1 Å². The number of aromatic nitrogens is 1. The lowest BCUT2D eigenvalue weighted by molar-refractivity contribution is -0.117. The van der Waals surface area contributed by atoms with Crippen LogP contribution >= 0.6 is 11.6 Å². The Kier molecular flexibility index (Phi) is 4.70.